The van der Waals surface area contributed by atoms with E-state index in [4.69, 9.17) is 0 Å². The molecule has 21 heavy (non-hydrogen) atoms. The van der Waals surface area contributed by atoms with Crippen LogP contribution in [0.2, 0.25) is 0 Å². The van der Waals surface area contributed by atoms with Gasteiger partial charge in [0.05, 0.1) is 5.69 Å². The van der Waals surface area contributed by atoms with E-state index in [2.05, 4.69) is 9.97 Å². The summed E-state index contributed by atoms with van der Waals surface area (Å²) in [5.41, 5.74) is 3.21. The maximum absolute atomic E-state index is 11.5. The van der Waals surface area contributed by atoms with Gasteiger partial charge in [-0.15, -0.1) is 11.3 Å². The average molecular weight is 296 g/mol. The summed E-state index contributed by atoms with van der Waals surface area (Å²) in [6, 6.07) is 11.4. The van der Waals surface area contributed by atoms with Crippen LogP contribution in [0.1, 0.15) is 15.2 Å². The minimum absolute atomic E-state index is 0.237. The Morgan fingerprint density at radius 3 is 2.67 bits per heavy atom. The number of hydrogen-bond acceptors (Lipinski definition) is 4. The van der Waals surface area contributed by atoms with Crippen molar-refractivity contribution < 1.29 is 9.90 Å². The Kier molecular flexibility index (Phi) is 3.50. The van der Waals surface area contributed by atoms with E-state index < -0.39 is 5.97 Å². The summed E-state index contributed by atoms with van der Waals surface area (Å²) in [7, 11) is 0. The summed E-state index contributed by atoms with van der Waals surface area (Å²) in [6.45, 7) is 1.99. The van der Waals surface area contributed by atoms with Crippen molar-refractivity contribution in [2.45, 2.75) is 6.92 Å². The van der Waals surface area contributed by atoms with E-state index in [0.717, 1.165) is 11.1 Å². The van der Waals surface area contributed by atoms with Crippen molar-refractivity contribution in [2.75, 3.05) is 0 Å². The molecule has 0 aliphatic carbocycles. The number of rotatable bonds is 3. The van der Waals surface area contributed by atoms with Gasteiger partial charge in [0.2, 0.25) is 0 Å². The van der Waals surface area contributed by atoms with Gasteiger partial charge in [-0.25, -0.2) is 9.78 Å². The lowest BCUT2D eigenvalue weighted by atomic mass is 10.1. The van der Waals surface area contributed by atoms with Crippen LogP contribution in [0, 0.1) is 6.92 Å². The van der Waals surface area contributed by atoms with Crippen molar-refractivity contribution in [1.82, 2.24) is 9.97 Å². The number of aryl methyl sites for hydroxylation is 1. The molecule has 0 unspecified atom stereocenters. The molecule has 0 aliphatic heterocycles. The molecule has 0 spiro atoms. The smallest absolute Gasteiger partial charge is 0.348 e. The summed E-state index contributed by atoms with van der Waals surface area (Å²) in [4.78, 5) is 20.3. The van der Waals surface area contributed by atoms with Gasteiger partial charge in [0, 0.05) is 23.5 Å². The van der Waals surface area contributed by atoms with Crippen LogP contribution in [0.5, 0.6) is 0 Å². The maximum atomic E-state index is 11.5. The zero-order chi connectivity index (χ0) is 14.8. The first-order valence-corrected chi connectivity index (χ1v) is 7.19. The van der Waals surface area contributed by atoms with E-state index in [0.29, 0.717) is 16.3 Å². The molecule has 0 atom stereocenters. The molecular weight excluding hydrogens is 284 g/mol. The Morgan fingerprint density at radius 2 is 2.00 bits per heavy atom. The molecule has 0 saturated heterocycles. The Balaban J connectivity index is 2.18. The highest BCUT2D eigenvalue weighted by Gasteiger charge is 2.20. The molecule has 104 valence electrons. The molecule has 1 N–H and O–H groups in total. The Hall–Kier alpha value is -2.53. The predicted molar refractivity (Wildman–Crippen MR) is 82.5 cm³/mol. The number of aromatic nitrogens is 2. The molecule has 0 radical (unpaired) electrons. The molecule has 0 aliphatic rings. The fraction of sp³-hybridized carbons (Fsp3) is 0.0625. The molecule has 3 rings (SSSR count). The van der Waals surface area contributed by atoms with Crippen LogP contribution in [0.25, 0.3) is 21.8 Å². The average Bonchev–Trinajstić information content (AvgIpc) is 2.94. The van der Waals surface area contributed by atoms with Gasteiger partial charge >= 0.3 is 5.97 Å². The molecule has 1 aromatic carbocycles. The number of benzene rings is 1. The molecule has 4 nitrogen and oxygen atoms in total. The van der Waals surface area contributed by atoms with Gasteiger partial charge < -0.3 is 5.11 Å². The third-order valence-electron chi connectivity index (χ3n) is 3.13. The Labute approximate surface area is 125 Å². The summed E-state index contributed by atoms with van der Waals surface area (Å²) in [5, 5.41) is 10.1. The quantitative estimate of drug-likeness (QED) is 0.796. The highest BCUT2D eigenvalue weighted by Crippen LogP contribution is 2.34. The number of thiazole rings is 1. The first-order valence-electron chi connectivity index (χ1n) is 6.37. The summed E-state index contributed by atoms with van der Waals surface area (Å²) >= 11 is 1.19. The van der Waals surface area contributed by atoms with E-state index in [1.54, 1.807) is 18.5 Å². The Bertz CT molecular complexity index is 797. The molecule has 0 fully saturated rings. The summed E-state index contributed by atoms with van der Waals surface area (Å²) < 4.78 is 0. The van der Waals surface area contributed by atoms with Gasteiger partial charge in [-0.05, 0) is 24.6 Å². The summed E-state index contributed by atoms with van der Waals surface area (Å²) in [6.07, 6.45) is 3.28. The minimum atomic E-state index is -0.966. The zero-order valence-electron chi connectivity index (χ0n) is 11.3. The third kappa shape index (κ3) is 2.55. The van der Waals surface area contributed by atoms with Gasteiger partial charge in [0.25, 0.3) is 0 Å². The van der Waals surface area contributed by atoms with Crippen molar-refractivity contribution in [3.8, 4) is 21.8 Å². The first-order chi connectivity index (χ1) is 10.2. The zero-order valence-corrected chi connectivity index (χ0v) is 12.1. The molecule has 2 heterocycles. The molecule has 0 amide bonds. The maximum Gasteiger partial charge on any atom is 0.348 e. The van der Waals surface area contributed by atoms with Crippen LogP contribution in [-0.4, -0.2) is 21.0 Å². The van der Waals surface area contributed by atoms with Crippen molar-refractivity contribution >= 4 is 17.3 Å². The molecule has 0 saturated carbocycles. The highest BCUT2D eigenvalue weighted by molar-refractivity contribution is 7.17. The van der Waals surface area contributed by atoms with Crippen molar-refractivity contribution in [3.05, 3.63) is 59.2 Å². The van der Waals surface area contributed by atoms with Crippen molar-refractivity contribution in [3.63, 3.8) is 0 Å². The SMILES string of the molecule is Cc1ccccc1-c1nc(-c2cccnc2)c(C(=O)O)s1. The lowest BCUT2D eigenvalue weighted by Gasteiger charge is -2.00. The standard InChI is InChI=1S/C16H12N2O2S/c1-10-5-2-3-7-12(10)15-18-13(14(21-15)16(19)20)11-6-4-8-17-9-11/h2-9H,1H3,(H,19,20). The van der Waals surface area contributed by atoms with E-state index in [-0.39, 0.29) is 4.88 Å². The van der Waals surface area contributed by atoms with Gasteiger partial charge in [-0.3, -0.25) is 4.98 Å². The largest absolute Gasteiger partial charge is 0.477 e. The van der Waals surface area contributed by atoms with Crippen LogP contribution in [0.3, 0.4) is 0 Å². The van der Waals surface area contributed by atoms with Gasteiger partial charge in [-0.1, -0.05) is 24.3 Å². The van der Waals surface area contributed by atoms with Gasteiger partial charge in [0.1, 0.15) is 9.88 Å². The highest BCUT2D eigenvalue weighted by atomic mass is 32.1. The Morgan fingerprint density at radius 1 is 1.19 bits per heavy atom. The first kappa shape index (κ1) is 13.5. The van der Waals surface area contributed by atoms with E-state index in [9.17, 15) is 9.90 Å². The number of nitrogens with zero attached hydrogens (tertiary/aromatic N) is 2. The van der Waals surface area contributed by atoms with E-state index >= 15 is 0 Å². The molecule has 3 aromatic rings. The van der Waals surface area contributed by atoms with Crippen LogP contribution >= 0.6 is 11.3 Å². The topological polar surface area (TPSA) is 63.1 Å². The second kappa shape index (κ2) is 5.46. The normalized spacial score (nSPS) is 10.5. The second-order valence-corrected chi connectivity index (χ2v) is 5.56. The van der Waals surface area contributed by atoms with Crippen LogP contribution in [-0.2, 0) is 0 Å². The lowest BCUT2D eigenvalue weighted by Crippen LogP contribution is -1.95. The lowest BCUT2D eigenvalue weighted by molar-refractivity contribution is 0.0702. The number of aromatic carboxylic acids is 1. The number of hydrogen-bond donors (Lipinski definition) is 1. The fourth-order valence-electron chi connectivity index (χ4n) is 2.09. The molecule has 2 aromatic heterocycles. The number of pyridine rings is 1. The molecular formula is C16H12N2O2S. The van der Waals surface area contributed by atoms with Crippen molar-refractivity contribution in [1.29, 1.82) is 0 Å². The van der Waals surface area contributed by atoms with E-state index in [1.807, 2.05) is 37.3 Å². The van der Waals surface area contributed by atoms with Gasteiger partial charge in [0.15, 0.2) is 0 Å². The fourth-order valence-corrected chi connectivity index (χ4v) is 3.11. The number of carboxylic acids is 1. The van der Waals surface area contributed by atoms with Crippen LogP contribution in [0.15, 0.2) is 48.8 Å². The number of carboxylic acid groups (broad SMARTS) is 1. The third-order valence-corrected chi connectivity index (χ3v) is 4.21. The molecule has 5 heteroatoms. The second-order valence-electron chi connectivity index (χ2n) is 4.56. The monoisotopic (exact) mass is 296 g/mol. The van der Waals surface area contributed by atoms with E-state index in [1.165, 1.54) is 11.3 Å². The minimum Gasteiger partial charge on any atom is -0.477 e. The van der Waals surface area contributed by atoms with Crippen molar-refractivity contribution in [2.24, 2.45) is 0 Å². The number of carbonyl (C=O) groups is 1. The predicted octanol–water partition coefficient (Wildman–Crippen LogP) is 3.88. The van der Waals surface area contributed by atoms with Gasteiger partial charge in [-0.2, -0.15) is 0 Å². The molecule has 0 bridgehead atoms. The summed E-state index contributed by atoms with van der Waals surface area (Å²) in [5.74, 6) is -0.966. The van der Waals surface area contributed by atoms with Crippen LogP contribution in [0.4, 0.5) is 0 Å². The van der Waals surface area contributed by atoms with Crippen LogP contribution < -0.4 is 0 Å².